The Balaban J connectivity index is 1.21. The van der Waals surface area contributed by atoms with Crippen molar-refractivity contribution in [1.29, 1.82) is 0 Å². The molecule has 1 N–H and O–H groups in total. The molecule has 0 radical (unpaired) electrons. The molecule has 1 atom stereocenters. The minimum atomic E-state index is 0.00458. The zero-order valence-electron chi connectivity index (χ0n) is 19.8. The minimum Gasteiger partial charge on any atom is -0.348 e. The summed E-state index contributed by atoms with van der Waals surface area (Å²) in [4.78, 5) is 21.6. The van der Waals surface area contributed by atoms with Crippen LogP contribution >= 0.6 is 0 Å². The Labute approximate surface area is 195 Å². The zero-order chi connectivity index (χ0) is 23.2. The monoisotopic (exact) mass is 447 g/mol. The van der Waals surface area contributed by atoms with Gasteiger partial charge in [-0.3, -0.25) is 14.6 Å². The molecule has 0 aliphatic carbocycles. The van der Waals surface area contributed by atoms with Gasteiger partial charge in [-0.1, -0.05) is 66.2 Å². The predicted octanol–water partition coefficient (Wildman–Crippen LogP) is 3.60. The third-order valence-corrected chi connectivity index (χ3v) is 6.23. The molecule has 2 heterocycles. The molecular weight excluding hydrogens is 414 g/mol. The maximum absolute atomic E-state index is 12.5. The molecule has 1 saturated heterocycles. The number of nitrogens with zero attached hydrogens (tertiary/aromatic N) is 4. The Bertz CT molecular complexity index is 1040. The van der Waals surface area contributed by atoms with Gasteiger partial charge in [-0.05, 0) is 31.4 Å². The van der Waals surface area contributed by atoms with Crippen LogP contribution in [0, 0.1) is 6.92 Å². The molecule has 0 spiro atoms. The van der Waals surface area contributed by atoms with Gasteiger partial charge in [0.15, 0.2) is 0 Å². The zero-order valence-corrected chi connectivity index (χ0v) is 19.8. The van der Waals surface area contributed by atoms with Crippen LogP contribution in [-0.4, -0.2) is 58.6 Å². The lowest BCUT2D eigenvalue weighted by Gasteiger charge is -2.33. The van der Waals surface area contributed by atoms with E-state index < -0.39 is 0 Å². The number of amides is 1. The summed E-state index contributed by atoms with van der Waals surface area (Å²) in [5, 5.41) is 7.25. The minimum absolute atomic E-state index is 0.00458. The highest BCUT2D eigenvalue weighted by molar-refractivity contribution is 5.78. The van der Waals surface area contributed by atoms with Gasteiger partial charge in [0.2, 0.25) is 17.6 Å². The largest absolute Gasteiger partial charge is 0.348 e. The molecule has 1 aromatic heterocycles. The predicted molar refractivity (Wildman–Crippen MR) is 129 cm³/mol. The number of piperazine rings is 1. The molecule has 1 amide bonds. The SMILES string of the molecule is CCc1ccc(C(C)NC(=O)CN2CCN(Cc3nc(-c4ccc(C)cc4)no3)CC2)cc1. The van der Waals surface area contributed by atoms with Crippen molar-refractivity contribution in [2.24, 2.45) is 0 Å². The summed E-state index contributed by atoms with van der Waals surface area (Å²) in [5.74, 6) is 1.31. The summed E-state index contributed by atoms with van der Waals surface area (Å²) in [6.07, 6.45) is 1.02. The lowest BCUT2D eigenvalue weighted by molar-refractivity contribution is -0.123. The fourth-order valence-corrected chi connectivity index (χ4v) is 4.05. The van der Waals surface area contributed by atoms with Crippen LogP contribution in [0.5, 0.6) is 0 Å². The van der Waals surface area contributed by atoms with E-state index in [9.17, 15) is 4.79 Å². The third-order valence-electron chi connectivity index (χ3n) is 6.23. The topological polar surface area (TPSA) is 74.5 Å². The van der Waals surface area contributed by atoms with E-state index in [1.807, 2.05) is 31.2 Å². The highest BCUT2D eigenvalue weighted by Gasteiger charge is 2.21. The van der Waals surface area contributed by atoms with Crippen molar-refractivity contribution in [2.75, 3.05) is 32.7 Å². The van der Waals surface area contributed by atoms with Crippen molar-refractivity contribution < 1.29 is 9.32 Å². The summed E-state index contributed by atoms with van der Waals surface area (Å²) >= 11 is 0. The number of aryl methyl sites for hydroxylation is 2. The standard InChI is InChI=1S/C26H33N5O2/c1-4-21-7-11-22(12-8-21)20(3)27-24(32)17-30-13-15-31(16-14-30)18-25-28-26(29-33-25)23-9-5-19(2)6-10-23/h5-12,20H,4,13-18H2,1-3H3,(H,27,32). The molecule has 0 bridgehead atoms. The second kappa shape index (κ2) is 10.7. The van der Waals surface area contributed by atoms with Crippen LogP contribution in [0.4, 0.5) is 0 Å². The summed E-state index contributed by atoms with van der Waals surface area (Å²) in [6, 6.07) is 16.6. The van der Waals surface area contributed by atoms with E-state index in [4.69, 9.17) is 4.52 Å². The van der Waals surface area contributed by atoms with Crippen molar-refractivity contribution in [3.05, 3.63) is 71.1 Å². The van der Waals surface area contributed by atoms with Crippen LogP contribution in [0.25, 0.3) is 11.4 Å². The van der Waals surface area contributed by atoms with Gasteiger partial charge in [0, 0.05) is 31.7 Å². The van der Waals surface area contributed by atoms with Crippen LogP contribution in [0.2, 0.25) is 0 Å². The van der Waals surface area contributed by atoms with E-state index in [0.717, 1.165) is 43.7 Å². The van der Waals surface area contributed by atoms with E-state index in [1.165, 1.54) is 11.1 Å². The van der Waals surface area contributed by atoms with E-state index in [2.05, 4.69) is 63.4 Å². The fraction of sp³-hybridized carbons (Fsp3) is 0.423. The Kier molecular flexibility index (Phi) is 7.52. The number of rotatable bonds is 8. The average molecular weight is 448 g/mol. The van der Waals surface area contributed by atoms with Crippen molar-refractivity contribution in [2.45, 2.75) is 39.8 Å². The second-order valence-electron chi connectivity index (χ2n) is 8.81. The lowest BCUT2D eigenvalue weighted by atomic mass is 10.1. The van der Waals surface area contributed by atoms with Crippen molar-refractivity contribution in [3.8, 4) is 11.4 Å². The highest BCUT2D eigenvalue weighted by Crippen LogP contribution is 2.18. The molecule has 1 aliphatic heterocycles. The van der Waals surface area contributed by atoms with E-state index >= 15 is 0 Å². The van der Waals surface area contributed by atoms with Gasteiger partial charge < -0.3 is 9.84 Å². The summed E-state index contributed by atoms with van der Waals surface area (Å²) in [6.45, 7) is 10.7. The average Bonchev–Trinajstić information content (AvgIpc) is 3.29. The van der Waals surface area contributed by atoms with Gasteiger partial charge in [-0.25, -0.2) is 0 Å². The Morgan fingerprint density at radius 2 is 1.70 bits per heavy atom. The van der Waals surface area contributed by atoms with Gasteiger partial charge in [0.25, 0.3) is 0 Å². The molecule has 2 aromatic carbocycles. The van der Waals surface area contributed by atoms with Crippen LogP contribution in [0.1, 0.15) is 42.5 Å². The first-order valence-corrected chi connectivity index (χ1v) is 11.7. The second-order valence-corrected chi connectivity index (χ2v) is 8.81. The third kappa shape index (κ3) is 6.27. The first kappa shape index (κ1) is 23.1. The molecule has 1 aliphatic rings. The van der Waals surface area contributed by atoms with Gasteiger partial charge in [0.1, 0.15) is 0 Å². The molecule has 174 valence electrons. The van der Waals surface area contributed by atoms with Gasteiger partial charge >= 0.3 is 0 Å². The number of aromatic nitrogens is 2. The summed E-state index contributed by atoms with van der Waals surface area (Å²) in [7, 11) is 0. The maximum atomic E-state index is 12.5. The van der Waals surface area contributed by atoms with Gasteiger partial charge in [-0.15, -0.1) is 0 Å². The normalized spacial score (nSPS) is 16.0. The molecule has 1 unspecified atom stereocenters. The molecule has 33 heavy (non-hydrogen) atoms. The number of benzene rings is 2. The molecule has 1 fully saturated rings. The Hall–Kier alpha value is -3.03. The van der Waals surface area contributed by atoms with Crippen molar-refractivity contribution in [3.63, 3.8) is 0 Å². The van der Waals surface area contributed by atoms with E-state index in [0.29, 0.717) is 24.8 Å². The molecule has 3 aromatic rings. The molecular formula is C26H33N5O2. The van der Waals surface area contributed by atoms with Crippen molar-refractivity contribution >= 4 is 5.91 Å². The van der Waals surface area contributed by atoms with Crippen LogP contribution < -0.4 is 5.32 Å². The smallest absolute Gasteiger partial charge is 0.241 e. The van der Waals surface area contributed by atoms with Crippen LogP contribution in [-0.2, 0) is 17.8 Å². The number of nitrogens with one attached hydrogen (secondary N) is 1. The Morgan fingerprint density at radius 3 is 2.36 bits per heavy atom. The van der Waals surface area contributed by atoms with E-state index in [-0.39, 0.29) is 11.9 Å². The van der Waals surface area contributed by atoms with Crippen LogP contribution in [0.15, 0.2) is 53.1 Å². The number of carbonyl (C=O) groups excluding carboxylic acids is 1. The Morgan fingerprint density at radius 1 is 1.03 bits per heavy atom. The summed E-state index contributed by atoms with van der Waals surface area (Å²) < 4.78 is 5.46. The quantitative estimate of drug-likeness (QED) is 0.569. The number of carbonyl (C=O) groups is 1. The fourth-order valence-electron chi connectivity index (χ4n) is 4.05. The van der Waals surface area contributed by atoms with Crippen molar-refractivity contribution in [1.82, 2.24) is 25.3 Å². The van der Waals surface area contributed by atoms with Gasteiger partial charge in [0.05, 0.1) is 19.1 Å². The molecule has 4 rings (SSSR count). The molecule has 7 heteroatoms. The van der Waals surface area contributed by atoms with E-state index in [1.54, 1.807) is 0 Å². The first-order valence-electron chi connectivity index (χ1n) is 11.7. The first-order chi connectivity index (χ1) is 16.0. The molecule has 0 saturated carbocycles. The highest BCUT2D eigenvalue weighted by atomic mass is 16.5. The maximum Gasteiger partial charge on any atom is 0.241 e. The number of hydrogen-bond acceptors (Lipinski definition) is 6. The summed E-state index contributed by atoms with van der Waals surface area (Å²) in [5.41, 5.74) is 4.60. The lowest BCUT2D eigenvalue weighted by Crippen LogP contribution is -2.49. The van der Waals surface area contributed by atoms with Crippen LogP contribution in [0.3, 0.4) is 0 Å². The number of hydrogen-bond donors (Lipinski definition) is 1. The van der Waals surface area contributed by atoms with Gasteiger partial charge in [-0.2, -0.15) is 4.98 Å². The molecule has 7 nitrogen and oxygen atoms in total.